The van der Waals surface area contributed by atoms with E-state index in [1.54, 1.807) is 18.5 Å². The van der Waals surface area contributed by atoms with Crippen LogP contribution in [0.2, 0.25) is 5.02 Å². The smallest absolute Gasteiger partial charge is 0.132 e. The molecule has 0 saturated carbocycles. The Morgan fingerprint density at radius 3 is 2.96 bits per heavy atom. The highest BCUT2D eigenvalue weighted by Crippen LogP contribution is 2.28. The molecule has 2 heterocycles. The van der Waals surface area contributed by atoms with E-state index < -0.39 is 5.82 Å². The highest BCUT2D eigenvalue weighted by atomic mass is 35.5. The molecule has 6 heteroatoms. The molecule has 0 atom stereocenters. The van der Waals surface area contributed by atoms with Crippen molar-refractivity contribution in [2.45, 2.75) is 0 Å². The minimum Gasteiger partial charge on any atom is -0.354 e. The maximum absolute atomic E-state index is 14.1. The fourth-order valence-corrected chi connectivity index (χ4v) is 2.74. The van der Waals surface area contributed by atoms with Gasteiger partial charge >= 0.3 is 0 Å². The lowest BCUT2D eigenvalue weighted by Gasteiger charge is -2.10. The van der Waals surface area contributed by atoms with Crippen molar-refractivity contribution in [2.24, 2.45) is 0 Å². The largest absolute Gasteiger partial charge is 0.354 e. The summed E-state index contributed by atoms with van der Waals surface area (Å²) in [6, 6.07) is 16.5. The molecule has 121 valence electrons. The first kappa shape index (κ1) is 15.5. The summed E-state index contributed by atoms with van der Waals surface area (Å²) in [5.74, 6) is -0.402. The molecule has 0 aliphatic rings. The van der Waals surface area contributed by atoms with E-state index in [0.717, 1.165) is 16.6 Å². The quantitative estimate of drug-likeness (QED) is 0.563. The van der Waals surface area contributed by atoms with Gasteiger partial charge in [0, 0.05) is 27.9 Å². The van der Waals surface area contributed by atoms with Crippen LogP contribution >= 0.6 is 11.6 Å². The maximum Gasteiger partial charge on any atom is 0.132 e. The summed E-state index contributed by atoms with van der Waals surface area (Å²) in [6.07, 6.45) is 3.29. The second-order valence-electron chi connectivity index (χ2n) is 5.38. The van der Waals surface area contributed by atoms with Gasteiger partial charge in [0.25, 0.3) is 0 Å². The fraction of sp³-hybridized carbons (Fsp3) is 0. The zero-order valence-electron chi connectivity index (χ0n) is 12.9. The first-order chi connectivity index (χ1) is 12.2. The third-order valence-corrected chi connectivity index (χ3v) is 3.96. The predicted molar refractivity (Wildman–Crippen MR) is 96.3 cm³/mol. The number of benzene rings is 2. The fourth-order valence-electron chi connectivity index (χ4n) is 2.56. The van der Waals surface area contributed by atoms with Gasteiger partial charge in [-0.15, -0.1) is 0 Å². The van der Waals surface area contributed by atoms with E-state index in [1.807, 2.05) is 24.3 Å². The molecule has 4 aromatic rings. The molecule has 25 heavy (non-hydrogen) atoms. The SMILES string of the molecule is Fc1ccc(Cl)cc1-c1cc(Nc2ccnc3c[c]ccc23)cnn1. The van der Waals surface area contributed by atoms with Crippen LogP contribution in [0.3, 0.4) is 0 Å². The summed E-state index contributed by atoms with van der Waals surface area (Å²) in [4.78, 5) is 4.31. The Labute approximate surface area is 148 Å². The van der Waals surface area contributed by atoms with Gasteiger partial charge in [0.2, 0.25) is 0 Å². The number of nitrogens with one attached hydrogen (secondary N) is 1. The molecule has 4 rings (SSSR count). The van der Waals surface area contributed by atoms with E-state index in [4.69, 9.17) is 11.6 Å². The van der Waals surface area contributed by atoms with Crippen LogP contribution in [0.25, 0.3) is 22.2 Å². The Balaban J connectivity index is 1.74. The van der Waals surface area contributed by atoms with Gasteiger partial charge in [0.15, 0.2) is 0 Å². The summed E-state index contributed by atoms with van der Waals surface area (Å²) in [5.41, 5.74) is 3.08. The Morgan fingerprint density at radius 1 is 1.12 bits per heavy atom. The number of fused-ring (bicyclic) bond motifs is 1. The van der Waals surface area contributed by atoms with E-state index >= 15 is 0 Å². The van der Waals surface area contributed by atoms with Gasteiger partial charge in [0.05, 0.1) is 23.1 Å². The van der Waals surface area contributed by atoms with Crippen LogP contribution in [0.5, 0.6) is 0 Å². The molecule has 0 saturated heterocycles. The zero-order valence-corrected chi connectivity index (χ0v) is 13.6. The molecule has 0 bridgehead atoms. The number of halogens is 2. The molecule has 0 aliphatic heterocycles. The first-order valence-electron chi connectivity index (χ1n) is 7.51. The Bertz CT molecular complexity index is 1060. The van der Waals surface area contributed by atoms with E-state index in [2.05, 4.69) is 26.6 Å². The molecule has 0 aliphatic carbocycles. The lowest BCUT2D eigenvalue weighted by atomic mass is 10.1. The molecule has 2 aromatic heterocycles. The van der Waals surface area contributed by atoms with Gasteiger partial charge in [-0.2, -0.15) is 10.2 Å². The van der Waals surface area contributed by atoms with Crippen molar-refractivity contribution in [3.63, 3.8) is 0 Å². The molecule has 4 nitrogen and oxygen atoms in total. The minimum atomic E-state index is -0.402. The maximum atomic E-state index is 14.1. The first-order valence-corrected chi connectivity index (χ1v) is 7.88. The van der Waals surface area contributed by atoms with Gasteiger partial charge in [0.1, 0.15) is 5.82 Å². The van der Waals surface area contributed by atoms with Crippen LogP contribution in [-0.2, 0) is 0 Å². The zero-order chi connectivity index (χ0) is 17.2. The lowest BCUT2D eigenvalue weighted by Crippen LogP contribution is -1.97. The molecule has 2 aromatic carbocycles. The molecular weight excluding hydrogens is 339 g/mol. The van der Waals surface area contributed by atoms with E-state index in [1.165, 1.54) is 18.2 Å². The number of nitrogens with zero attached hydrogens (tertiary/aromatic N) is 3. The molecule has 1 N–H and O–H groups in total. The van der Waals surface area contributed by atoms with Gasteiger partial charge in [-0.25, -0.2) is 4.39 Å². The molecule has 0 spiro atoms. The van der Waals surface area contributed by atoms with Crippen LogP contribution in [0.1, 0.15) is 0 Å². The highest BCUT2D eigenvalue weighted by Gasteiger charge is 2.10. The predicted octanol–water partition coefficient (Wildman–Crippen LogP) is 5.03. The number of aromatic nitrogens is 3. The number of anilines is 2. The van der Waals surface area contributed by atoms with Gasteiger partial charge in [-0.05, 0) is 42.5 Å². The van der Waals surface area contributed by atoms with Crippen molar-refractivity contribution in [3.05, 3.63) is 77.8 Å². The van der Waals surface area contributed by atoms with Crippen LogP contribution < -0.4 is 5.32 Å². The summed E-state index contributed by atoms with van der Waals surface area (Å²) < 4.78 is 14.1. The third kappa shape index (κ3) is 3.14. The monoisotopic (exact) mass is 349 g/mol. The summed E-state index contributed by atoms with van der Waals surface area (Å²) in [7, 11) is 0. The Kier molecular flexibility index (Phi) is 3.99. The topological polar surface area (TPSA) is 50.7 Å². The van der Waals surface area contributed by atoms with Gasteiger partial charge < -0.3 is 5.32 Å². The highest BCUT2D eigenvalue weighted by molar-refractivity contribution is 6.30. The lowest BCUT2D eigenvalue weighted by molar-refractivity contribution is 0.630. The van der Waals surface area contributed by atoms with E-state index in [0.29, 0.717) is 22.0 Å². The Morgan fingerprint density at radius 2 is 2.04 bits per heavy atom. The van der Waals surface area contributed by atoms with Crippen molar-refractivity contribution < 1.29 is 4.39 Å². The summed E-state index contributed by atoms with van der Waals surface area (Å²) >= 11 is 5.96. The average molecular weight is 350 g/mol. The number of hydrogen-bond acceptors (Lipinski definition) is 4. The second kappa shape index (κ2) is 6.45. The van der Waals surface area contributed by atoms with Crippen LogP contribution in [0.4, 0.5) is 15.8 Å². The summed E-state index contributed by atoms with van der Waals surface area (Å²) in [5, 5.41) is 12.6. The molecule has 1 radical (unpaired) electrons. The van der Waals surface area contributed by atoms with E-state index in [-0.39, 0.29) is 0 Å². The third-order valence-electron chi connectivity index (χ3n) is 3.73. The van der Waals surface area contributed by atoms with Crippen molar-refractivity contribution in [2.75, 3.05) is 5.32 Å². The standard InChI is InChI=1S/C19H11ClFN4/c20-12-5-6-16(21)15(9-12)19-10-13(11-23-25-19)24-18-7-8-22-17-4-2-1-3-14(17)18/h1,3-11H,(H,22,24,25). The normalized spacial score (nSPS) is 10.8. The van der Waals surface area contributed by atoms with Crippen molar-refractivity contribution in [1.82, 2.24) is 15.2 Å². The second-order valence-corrected chi connectivity index (χ2v) is 5.82. The van der Waals surface area contributed by atoms with Crippen molar-refractivity contribution >= 4 is 33.9 Å². The average Bonchev–Trinajstić information content (AvgIpc) is 2.64. The molecular formula is C19H11ClFN4. The van der Waals surface area contributed by atoms with Crippen LogP contribution in [0, 0.1) is 11.9 Å². The molecule has 0 fully saturated rings. The minimum absolute atomic E-state index is 0.304. The van der Waals surface area contributed by atoms with Crippen LogP contribution in [0.15, 0.2) is 60.9 Å². The molecule has 0 unspecified atom stereocenters. The number of hydrogen-bond donors (Lipinski definition) is 1. The van der Waals surface area contributed by atoms with Gasteiger partial charge in [-0.3, -0.25) is 4.98 Å². The van der Waals surface area contributed by atoms with Gasteiger partial charge in [-0.1, -0.05) is 23.7 Å². The Hall–Kier alpha value is -3.05. The number of pyridine rings is 1. The van der Waals surface area contributed by atoms with Crippen LogP contribution in [-0.4, -0.2) is 15.2 Å². The number of rotatable bonds is 3. The van der Waals surface area contributed by atoms with E-state index in [9.17, 15) is 4.39 Å². The summed E-state index contributed by atoms with van der Waals surface area (Å²) in [6.45, 7) is 0. The van der Waals surface area contributed by atoms with Crippen molar-refractivity contribution in [1.29, 1.82) is 0 Å². The molecule has 0 amide bonds. The van der Waals surface area contributed by atoms with Crippen molar-refractivity contribution in [3.8, 4) is 11.3 Å².